The maximum atomic E-state index is 12.9. The van der Waals surface area contributed by atoms with E-state index >= 15 is 0 Å². The lowest BCUT2D eigenvalue weighted by atomic mass is 9.96. The third-order valence-electron chi connectivity index (χ3n) is 6.89. The molecule has 1 heterocycles. The smallest absolute Gasteiger partial charge is 0.318 e. The van der Waals surface area contributed by atoms with Crippen LogP contribution in [0.1, 0.15) is 60.3 Å². The summed E-state index contributed by atoms with van der Waals surface area (Å²) >= 11 is 0. The fourth-order valence-electron chi connectivity index (χ4n) is 4.95. The van der Waals surface area contributed by atoms with Crippen LogP contribution in [0.15, 0.2) is 0 Å². The summed E-state index contributed by atoms with van der Waals surface area (Å²) < 4.78 is 60.2. The molecule has 2 unspecified atom stereocenters. The number of nitrogens with one attached hydrogen (secondary N) is 2. The lowest BCUT2D eigenvalue weighted by Gasteiger charge is -2.44. The fourth-order valence-corrected chi connectivity index (χ4v) is 5.36. The van der Waals surface area contributed by atoms with E-state index in [1.54, 1.807) is 7.11 Å². The van der Waals surface area contributed by atoms with Crippen molar-refractivity contribution in [2.24, 2.45) is 5.92 Å². The number of hydrogen-bond acceptors (Lipinski definition) is 15. The number of esters is 3. The van der Waals surface area contributed by atoms with E-state index in [1.807, 2.05) is 6.92 Å². The highest BCUT2D eigenvalue weighted by molar-refractivity contribution is 7.33. The van der Waals surface area contributed by atoms with Crippen LogP contribution in [0.3, 0.4) is 0 Å². The number of rotatable bonds is 22. The molecule has 17 nitrogen and oxygen atoms in total. The van der Waals surface area contributed by atoms with E-state index in [4.69, 9.17) is 42.2 Å². The van der Waals surface area contributed by atoms with E-state index in [0.717, 1.165) is 13.8 Å². The normalized spacial score (nSPS) is 23.4. The number of ether oxygens (including phenoxy) is 7. The van der Waals surface area contributed by atoms with Gasteiger partial charge in [0.1, 0.15) is 24.9 Å². The Balaban J connectivity index is 2.94. The largest absolute Gasteiger partial charge is 0.463 e. The first-order valence-electron chi connectivity index (χ1n) is 15.3. The Morgan fingerprint density at radius 1 is 0.894 bits per heavy atom. The summed E-state index contributed by atoms with van der Waals surface area (Å²) in [5, 5.41) is 5.60. The molecule has 1 saturated heterocycles. The highest BCUT2D eigenvalue weighted by Gasteiger charge is 2.51. The third-order valence-corrected chi connectivity index (χ3v) is 7.62. The lowest BCUT2D eigenvalue weighted by molar-refractivity contribution is -0.277. The van der Waals surface area contributed by atoms with E-state index in [1.165, 1.54) is 28.1 Å². The van der Waals surface area contributed by atoms with Crippen molar-refractivity contribution in [3.8, 4) is 0 Å². The Morgan fingerprint density at radius 3 is 2.11 bits per heavy atom. The Morgan fingerprint density at radius 2 is 1.55 bits per heavy atom. The van der Waals surface area contributed by atoms with Gasteiger partial charge in [-0.3, -0.25) is 28.5 Å². The Kier molecular flexibility index (Phi) is 20.6. The van der Waals surface area contributed by atoms with Crippen molar-refractivity contribution in [3.05, 3.63) is 0 Å². The molecule has 0 aromatic carbocycles. The molecular weight excluding hydrogens is 647 g/mol. The number of carbonyl (C=O) groups is 5. The predicted molar refractivity (Wildman–Crippen MR) is 164 cm³/mol. The van der Waals surface area contributed by atoms with Gasteiger partial charge in [0.15, 0.2) is 18.5 Å². The van der Waals surface area contributed by atoms with Crippen molar-refractivity contribution in [1.82, 2.24) is 10.6 Å². The third kappa shape index (κ3) is 16.8. The van der Waals surface area contributed by atoms with Gasteiger partial charge in [0, 0.05) is 68.7 Å². The molecule has 1 aliphatic heterocycles. The second-order valence-electron chi connectivity index (χ2n) is 11.1. The Hall–Kier alpha value is -2.66. The van der Waals surface area contributed by atoms with Gasteiger partial charge in [0.2, 0.25) is 11.8 Å². The number of unbranched alkanes of at least 4 members (excludes halogenated alkanes) is 1. The average molecular weight is 699 g/mol. The molecule has 1 rings (SSSR count). The van der Waals surface area contributed by atoms with Crippen molar-refractivity contribution in [1.29, 1.82) is 0 Å². The molecule has 1 fully saturated rings. The number of carbonyl (C=O) groups excluding carboxylic acids is 5. The fraction of sp³-hybridized carbons (Fsp3) is 0.828. The van der Waals surface area contributed by atoms with E-state index < -0.39 is 74.9 Å². The van der Waals surface area contributed by atoms with Gasteiger partial charge in [-0.1, -0.05) is 6.92 Å². The van der Waals surface area contributed by atoms with Crippen molar-refractivity contribution >= 4 is 38.0 Å². The summed E-state index contributed by atoms with van der Waals surface area (Å²) in [6.07, 6.45) is -3.92. The molecule has 1 aliphatic rings. The van der Waals surface area contributed by atoms with Gasteiger partial charge in [-0.2, -0.15) is 0 Å². The topological polar surface area (TPSA) is 210 Å². The minimum absolute atomic E-state index is 0.0530. The zero-order chi connectivity index (χ0) is 35.5. The van der Waals surface area contributed by atoms with Crippen LogP contribution in [-0.4, -0.2) is 120 Å². The van der Waals surface area contributed by atoms with Crippen molar-refractivity contribution in [3.63, 3.8) is 0 Å². The first-order valence-corrected chi connectivity index (χ1v) is 16.5. The highest BCUT2D eigenvalue weighted by Crippen LogP contribution is 2.28. The van der Waals surface area contributed by atoms with E-state index in [-0.39, 0.29) is 38.1 Å². The van der Waals surface area contributed by atoms with Crippen molar-refractivity contribution in [2.45, 2.75) is 103 Å². The molecule has 0 spiro atoms. The number of amides is 2. The van der Waals surface area contributed by atoms with Crippen LogP contribution in [0.5, 0.6) is 0 Å². The van der Waals surface area contributed by atoms with Crippen LogP contribution in [0, 0.1) is 5.92 Å². The van der Waals surface area contributed by atoms with Crippen molar-refractivity contribution in [2.75, 3.05) is 47.8 Å². The first-order chi connectivity index (χ1) is 22.2. The molecule has 0 aliphatic carbocycles. The van der Waals surface area contributed by atoms with E-state index in [2.05, 4.69) is 10.6 Å². The van der Waals surface area contributed by atoms with Gasteiger partial charge in [0.05, 0.1) is 12.6 Å². The predicted octanol–water partition coefficient (Wildman–Crippen LogP) is 1.05. The maximum Gasteiger partial charge on any atom is 0.318 e. The molecule has 9 atom stereocenters. The van der Waals surface area contributed by atoms with E-state index in [9.17, 15) is 28.5 Å². The molecule has 47 heavy (non-hydrogen) atoms. The van der Waals surface area contributed by atoms with Crippen LogP contribution < -0.4 is 10.6 Å². The summed E-state index contributed by atoms with van der Waals surface area (Å²) in [6, 6.07) is -1.55. The second-order valence-corrected chi connectivity index (χ2v) is 12.3. The molecule has 2 amide bonds. The van der Waals surface area contributed by atoms with Gasteiger partial charge >= 0.3 is 26.2 Å². The van der Waals surface area contributed by atoms with Crippen LogP contribution in [-0.2, 0) is 70.7 Å². The molecule has 0 bridgehead atoms. The summed E-state index contributed by atoms with van der Waals surface area (Å²) in [5.41, 5.74) is 0. The summed E-state index contributed by atoms with van der Waals surface area (Å²) in [7, 11) is 1.64. The minimum atomic E-state index is -2.68. The van der Waals surface area contributed by atoms with Crippen LogP contribution in [0.4, 0.5) is 0 Å². The molecule has 2 N–H and O–H groups in total. The average Bonchev–Trinajstić information content (AvgIpc) is 2.98. The molecule has 272 valence electrons. The van der Waals surface area contributed by atoms with Gasteiger partial charge in [0.25, 0.3) is 0 Å². The lowest BCUT2D eigenvalue weighted by Crippen LogP contribution is -2.66. The molecule has 0 aromatic rings. The summed E-state index contributed by atoms with van der Waals surface area (Å²) in [4.78, 5) is 60.4. The van der Waals surface area contributed by atoms with Crippen molar-refractivity contribution < 1.29 is 70.7 Å². The summed E-state index contributed by atoms with van der Waals surface area (Å²) in [6.45, 7) is 6.81. The molecular formula is C29H51N2O15P. The Bertz CT molecular complexity index is 1030. The van der Waals surface area contributed by atoms with Gasteiger partial charge in [-0.15, -0.1) is 0 Å². The maximum absolute atomic E-state index is 12.9. The van der Waals surface area contributed by atoms with Crippen LogP contribution in [0.25, 0.3) is 0 Å². The molecule has 0 radical (unpaired) electrons. The molecule has 18 heteroatoms. The zero-order valence-electron chi connectivity index (χ0n) is 28.4. The minimum Gasteiger partial charge on any atom is -0.463 e. The van der Waals surface area contributed by atoms with Crippen LogP contribution in [0.2, 0.25) is 0 Å². The Labute approximate surface area is 276 Å². The zero-order valence-corrected chi connectivity index (χ0v) is 29.4. The monoisotopic (exact) mass is 698 g/mol. The van der Waals surface area contributed by atoms with Gasteiger partial charge in [-0.25, -0.2) is 0 Å². The number of hydrogen-bond donors (Lipinski definition) is 2. The quantitative estimate of drug-likeness (QED) is 0.0701. The standard InChI is InChI=1S/C29H51N2O15P/c1-17(14-38-6)13-22(23(39-7)16-43-47(37)40-8)31-25(36)11-9-10-12-41-29-26(30-18(2)32)28(45-21(5)35)27(44-20(4)34)24(46-29)15-42-19(3)33/h17,22-24,26-29,47H,9-16H2,1-8H3,(H,30,32)(H,31,36)/t17-,22?,23+,24-,26-,27+,28-,29-/m1/s1. The van der Waals surface area contributed by atoms with E-state index in [0.29, 0.717) is 25.9 Å². The second kappa shape index (κ2) is 22.8. The molecule has 0 aromatic heterocycles. The highest BCUT2D eigenvalue weighted by atomic mass is 31.1. The van der Waals surface area contributed by atoms with Crippen LogP contribution >= 0.6 is 8.25 Å². The first kappa shape index (κ1) is 42.4. The number of methoxy groups -OCH3 is 2. The molecule has 0 saturated carbocycles. The van der Waals surface area contributed by atoms with Gasteiger partial charge in [-0.05, 0) is 25.2 Å². The summed E-state index contributed by atoms with van der Waals surface area (Å²) in [5.74, 6) is -2.73. The SMILES string of the molecule is COC[C@H](C)CC(NC(=O)CCCCO[C@@H]1O[C@H](COC(C)=O)[C@H](OC(C)=O)[C@H](OC(C)=O)[C@H]1NC(C)=O)[C@H](CO[PH](=O)OC)OC. The van der Waals surface area contributed by atoms with Gasteiger partial charge < -0.3 is 52.8 Å².